The molecule has 1 amide bonds. The first-order chi connectivity index (χ1) is 14.2. The maximum Gasteiger partial charge on any atom is 0.256 e. The van der Waals surface area contributed by atoms with Gasteiger partial charge in [0.2, 0.25) is 5.95 Å². The molecule has 3 aliphatic heterocycles. The minimum atomic E-state index is -0.0684. The lowest BCUT2D eigenvalue weighted by atomic mass is 9.79. The van der Waals surface area contributed by atoms with Crippen LogP contribution >= 0.6 is 0 Å². The maximum absolute atomic E-state index is 13.0. The van der Waals surface area contributed by atoms with Crippen LogP contribution in [-0.2, 0) is 16.7 Å². The normalized spacial score (nSPS) is 22.0. The van der Waals surface area contributed by atoms with E-state index in [1.807, 2.05) is 4.90 Å². The number of nitrogens with zero attached hydrogens (tertiary/aromatic N) is 6. The first-order valence-electron chi connectivity index (χ1n) is 10.4. The number of aromatic nitrogens is 4. The molecule has 2 aromatic heterocycles. The second-order valence-corrected chi connectivity index (χ2v) is 8.10. The number of ether oxygens (including phenoxy) is 1. The highest BCUT2D eigenvalue weighted by Crippen LogP contribution is 2.41. The van der Waals surface area contributed by atoms with Crippen LogP contribution in [0.5, 0.6) is 0 Å². The van der Waals surface area contributed by atoms with Crippen molar-refractivity contribution in [2.75, 3.05) is 57.9 Å². The summed E-state index contributed by atoms with van der Waals surface area (Å²) in [7, 11) is 2.17. The molecule has 0 bridgehead atoms. The van der Waals surface area contributed by atoms with Crippen molar-refractivity contribution in [3.63, 3.8) is 0 Å². The maximum atomic E-state index is 13.0. The number of imidazole rings is 1. The van der Waals surface area contributed by atoms with E-state index < -0.39 is 0 Å². The zero-order valence-electron chi connectivity index (χ0n) is 16.8. The summed E-state index contributed by atoms with van der Waals surface area (Å²) < 4.78 is 5.37. The fraction of sp³-hybridized carbons (Fsp3) is 0.600. The molecule has 2 aromatic rings. The van der Waals surface area contributed by atoms with Gasteiger partial charge in [-0.15, -0.1) is 0 Å². The molecule has 0 saturated carbocycles. The molecule has 9 nitrogen and oxygen atoms in total. The number of anilines is 1. The van der Waals surface area contributed by atoms with Crippen molar-refractivity contribution in [3.8, 4) is 0 Å². The van der Waals surface area contributed by atoms with Crippen molar-refractivity contribution < 1.29 is 9.53 Å². The minimum absolute atomic E-state index is 0.00842. The van der Waals surface area contributed by atoms with Crippen LogP contribution in [0.2, 0.25) is 0 Å². The second kappa shape index (κ2) is 7.38. The number of likely N-dealkylation sites (N-methyl/N-ethyl adjacent to an activating group) is 1. The quantitative estimate of drug-likeness (QED) is 0.796. The van der Waals surface area contributed by atoms with Crippen molar-refractivity contribution in [1.82, 2.24) is 29.7 Å². The number of morpholine rings is 1. The van der Waals surface area contributed by atoms with E-state index in [1.165, 1.54) is 5.69 Å². The lowest BCUT2D eigenvalue weighted by Crippen LogP contribution is -2.55. The fourth-order valence-corrected chi connectivity index (χ4v) is 4.83. The van der Waals surface area contributed by atoms with Gasteiger partial charge < -0.3 is 19.5 Å². The number of H-pyrrole nitrogens is 1. The summed E-state index contributed by atoms with van der Waals surface area (Å²) in [5.74, 6) is 0.673. The third-order valence-electron chi connectivity index (χ3n) is 6.64. The van der Waals surface area contributed by atoms with Gasteiger partial charge in [0.15, 0.2) is 0 Å². The van der Waals surface area contributed by atoms with Gasteiger partial charge in [-0.05, 0) is 19.9 Å². The molecule has 5 rings (SSSR count). The molecular formula is C20H27N7O2. The SMILES string of the molecule is CN1CCc2[nH]cnc2C12CCN(C(=O)c1cnc(N3CCOCC3)nc1)CC2. The van der Waals surface area contributed by atoms with Gasteiger partial charge in [-0.1, -0.05) is 0 Å². The molecule has 1 N–H and O–H groups in total. The number of carbonyl (C=O) groups is 1. The van der Waals surface area contributed by atoms with E-state index in [-0.39, 0.29) is 11.4 Å². The van der Waals surface area contributed by atoms with E-state index in [2.05, 4.69) is 36.8 Å². The minimum Gasteiger partial charge on any atom is -0.378 e. The van der Waals surface area contributed by atoms with Gasteiger partial charge in [-0.2, -0.15) is 0 Å². The summed E-state index contributed by atoms with van der Waals surface area (Å²) in [5, 5.41) is 0. The third-order valence-corrected chi connectivity index (χ3v) is 6.64. The molecule has 0 unspecified atom stereocenters. The number of fused-ring (bicyclic) bond motifs is 2. The Morgan fingerprint density at radius 3 is 2.52 bits per heavy atom. The van der Waals surface area contributed by atoms with E-state index in [0.717, 1.165) is 44.6 Å². The van der Waals surface area contributed by atoms with Gasteiger partial charge in [0.05, 0.1) is 36.3 Å². The molecule has 154 valence electrons. The lowest BCUT2D eigenvalue weighted by Gasteiger charge is -2.49. The molecule has 0 atom stereocenters. The summed E-state index contributed by atoms with van der Waals surface area (Å²) in [6.45, 7) is 5.37. The summed E-state index contributed by atoms with van der Waals surface area (Å²) in [4.78, 5) is 36.2. The first-order valence-corrected chi connectivity index (χ1v) is 10.4. The third kappa shape index (κ3) is 3.18. The van der Waals surface area contributed by atoms with E-state index >= 15 is 0 Å². The van der Waals surface area contributed by atoms with Crippen molar-refractivity contribution in [1.29, 1.82) is 0 Å². The summed E-state index contributed by atoms with van der Waals surface area (Å²) in [6, 6.07) is 0. The molecule has 29 heavy (non-hydrogen) atoms. The van der Waals surface area contributed by atoms with E-state index in [1.54, 1.807) is 18.7 Å². The Hall–Kier alpha value is -2.52. The molecule has 2 saturated heterocycles. The predicted octanol–water partition coefficient (Wildman–Crippen LogP) is 0.656. The monoisotopic (exact) mass is 397 g/mol. The average molecular weight is 397 g/mol. The van der Waals surface area contributed by atoms with Crippen molar-refractivity contribution in [3.05, 3.63) is 35.7 Å². The van der Waals surface area contributed by atoms with E-state index in [4.69, 9.17) is 4.74 Å². The lowest BCUT2D eigenvalue weighted by molar-refractivity contribution is 0.0225. The van der Waals surface area contributed by atoms with Gasteiger partial charge in [0.25, 0.3) is 5.91 Å². The van der Waals surface area contributed by atoms with Gasteiger partial charge in [-0.3, -0.25) is 9.69 Å². The number of likely N-dealkylation sites (tertiary alicyclic amines) is 1. The topological polar surface area (TPSA) is 90.5 Å². The average Bonchev–Trinajstić information content (AvgIpc) is 3.27. The molecular weight excluding hydrogens is 370 g/mol. The predicted molar refractivity (Wildman–Crippen MR) is 107 cm³/mol. The summed E-state index contributed by atoms with van der Waals surface area (Å²) in [6.07, 6.45) is 7.89. The number of aromatic amines is 1. The number of carbonyl (C=O) groups excluding carboxylic acids is 1. The van der Waals surface area contributed by atoms with Crippen molar-refractivity contribution in [2.24, 2.45) is 0 Å². The van der Waals surface area contributed by atoms with Crippen LogP contribution in [0.25, 0.3) is 0 Å². The Labute approximate surface area is 170 Å². The number of hydrogen-bond donors (Lipinski definition) is 1. The van der Waals surface area contributed by atoms with Crippen LogP contribution in [-0.4, -0.2) is 88.6 Å². The van der Waals surface area contributed by atoms with E-state index in [9.17, 15) is 4.79 Å². The molecule has 1 spiro atoms. The molecule has 0 radical (unpaired) electrons. The molecule has 0 aromatic carbocycles. The smallest absolute Gasteiger partial charge is 0.256 e. The number of nitrogens with one attached hydrogen (secondary N) is 1. The second-order valence-electron chi connectivity index (χ2n) is 8.10. The van der Waals surface area contributed by atoms with Crippen LogP contribution < -0.4 is 4.90 Å². The number of rotatable bonds is 2. The van der Waals surface area contributed by atoms with Crippen LogP contribution in [0.1, 0.15) is 34.6 Å². The highest BCUT2D eigenvalue weighted by atomic mass is 16.5. The Morgan fingerprint density at radius 2 is 1.79 bits per heavy atom. The van der Waals surface area contributed by atoms with Crippen LogP contribution in [0.15, 0.2) is 18.7 Å². The Bertz CT molecular complexity index is 867. The number of piperidine rings is 1. The van der Waals surface area contributed by atoms with Crippen LogP contribution in [0.4, 0.5) is 5.95 Å². The largest absolute Gasteiger partial charge is 0.378 e. The molecule has 2 fully saturated rings. The summed E-state index contributed by atoms with van der Waals surface area (Å²) >= 11 is 0. The first kappa shape index (κ1) is 18.5. The molecule has 5 heterocycles. The van der Waals surface area contributed by atoms with E-state index in [0.29, 0.717) is 37.8 Å². The standard InChI is InChI=1S/C20H27N7O2/c1-25-5-2-16-17(24-14-23-16)20(25)3-6-26(7-4-20)18(28)15-12-21-19(22-13-15)27-8-10-29-11-9-27/h12-14H,2-11H2,1H3,(H,23,24). The Morgan fingerprint density at radius 1 is 1.07 bits per heavy atom. The summed E-state index contributed by atoms with van der Waals surface area (Å²) in [5.41, 5.74) is 2.89. The molecule has 0 aliphatic carbocycles. The molecule has 3 aliphatic rings. The number of amides is 1. The van der Waals surface area contributed by atoms with Crippen LogP contribution in [0, 0.1) is 0 Å². The fourth-order valence-electron chi connectivity index (χ4n) is 4.83. The van der Waals surface area contributed by atoms with Gasteiger partial charge in [0.1, 0.15) is 0 Å². The highest BCUT2D eigenvalue weighted by Gasteiger charge is 2.45. The van der Waals surface area contributed by atoms with Gasteiger partial charge in [-0.25, -0.2) is 15.0 Å². The van der Waals surface area contributed by atoms with Gasteiger partial charge >= 0.3 is 0 Å². The zero-order chi connectivity index (χ0) is 19.8. The zero-order valence-corrected chi connectivity index (χ0v) is 16.8. The van der Waals surface area contributed by atoms with Crippen molar-refractivity contribution >= 4 is 11.9 Å². The Kier molecular flexibility index (Phi) is 4.71. The van der Waals surface area contributed by atoms with Crippen LogP contribution in [0.3, 0.4) is 0 Å². The van der Waals surface area contributed by atoms with Crippen molar-refractivity contribution in [2.45, 2.75) is 24.8 Å². The highest BCUT2D eigenvalue weighted by molar-refractivity contribution is 5.93. The number of hydrogen-bond acceptors (Lipinski definition) is 7. The van der Waals surface area contributed by atoms with Gasteiger partial charge in [0, 0.05) is 57.2 Å². The Balaban J connectivity index is 1.27. The molecule has 9 heteroatoms.